The molecule has 0 bridgehead atoms. The van der Waals surface area contributed by atoms with Gasteiger partial charge in [0.05, 0.1) is 5.69 Å². The maximum atomic E-state index is 5.48. The molecule has 7 nitrogen and oxygen atoms in total. The average Bonchev–Trinajstić information content (AvgIpc) is 3.24. The van der Waals surface area contributed by atoms with E-state index in [0.29, 0.717) is 23.9 Å². The lowest BCUT2D eigenvalue weighted by Gasteiger charge is -2.10. The Kier molecular flexibility index (Phi) is 5.36. The van der Waals surface area contributed by atoms with Crippen LogP contribution in [0.15, 0.2) is 89.8 Å². The summed E-state index contributed by atoms with van der Waals surface area (Å²) >= 11 is 0. The first-order valence-electron chi connectivity index (χ1n) is 10.2. The Balaban J connectivity index is 1.50. The van der Waals surface area contributed by atoms with Crippen molar-refractivity contribution in [3.05, 3.63) is 96.6 Å². The molecule has 0 atom stereocenters. The van der Waals surface area contributed by atoms with Crippen LogP contribution in [-0.2, 0) is 6.54 Å². The normalized spacial score (nSPS) is 10.8. The highest BCUT2D eigenvalue weighted by Crippen LogP contribution is 2.27. The van der Waals surface area contributed by atoms with Gasteiger partial charge in [-0.25, -0.2) is 9.97 Å². The van der Waals surface area contributed by atoms with Crippen LogP contribution in [0, 0.1) is 6.92 Å². The minimum Gasteiger partial charge on any atom is -0.366 e. The molecule has 7 heteroatoms. The van der Waals surface area contributed by atoms with Gasteiger partial charge in [0.2, 0.25) is 0 Å². The van der Waals surface area contributed by atoms with Crippen LogP contribution in [0.4, 0.5) is 5.82 Å². The molecule has 0 radical (unpaired) electrons. The van der Waals surface area contributed by atoms with E-state index >= 15 is 0 Å². The van der Waals surface area contributed by atoms with Gasteiger partial charge >= 0.3 is 0 Å². The van der Waals surface area contributed by atoms with Gasteiger partial charge in [-0.05, 0) is 31.2 Å². The second-order valence-corrected chi connectivity index (χ2v) is 7.20. The summed E-state index contributed by atoms with van der Waals surface area (Å²) in [6.07, 6.45) is 5.25. The fourth-order valence-corrected chi connectivity index (χ4v) is 3.41. The highest BCUT2D eigenvalue weighted by molar-refractivity contribution is 5.67. The standard InChI is InChI=1S/C25H20N6O/c1-17-20(24(31-32-17)18-8-3-2-4-9-18)16-28-23-14-22(19-10-7-12-26-15-19)29-25(30-23)21-11-5-6-13-27-21/h2-15H,16H2,1H3,(H,28,29,30). The van der Waals surface area contributed by atoms with Crippen LogP contribution in [0.3, 0.4) is 0 Å². The summed E-state index contributed by atoms with van der Waals surface area (Å²) < 4.78 is 5.48. The number of hydrogen-bond donors (Lipinski definition) is 1. The van der Waals surface area contributed by atoms with Crippen LogP contribution in [0.1, 0.15) is 11.3 Å². The van der Waals surface area contributed by atoms with Gasteiger partial charge in [0.1, 0.15) is 23.0 Å². The van der Waals surface area contributed by atoms with E-state index in [4.69, 9.17) is 14.5 Å². The Morgan fingerprint density at radius 1 is 0.844 bits per heavy atom. The quantitative estimate of drug-likeness (QED) is 0.405. The number of rotatable bonds is 6. The molecule has 32 heavy (non-hydrogen) atoms. The van der Waals surface area contributed by atoms with E-state index < -0.39 is 0 Å². The molecular weight excluding hydrogens is 400 g/mol. The van der Waals surface area contributed by atoms with Crippen molar-refractivity contribution in [2.45, 2.75) is 13.5 Å². The number of nitrogens with one attached hydrogen (secondary N) is 1. The van der Waals surface area contributed by atoms with Crippen LogP contribution >= 0.6 is 0 Å². The minimum atomic E-state index is 0.505. The molecule has 1 N–H and O–H groups in total. The SMILES string of the molecule is Cc1onc(-c2ccccc2)c1CNc1cc(-c2cccnc2)nc(-c2ccccn2)n1. The van der Waals surface area contributed by atoms with E-state index in [9.17, 15) is 0 Å². The highest BCUT2D eigenvalue weighted by Gasteiger charge is 2.16. The third kappa shape index (κ3) is 4.09. The number of benzene rings is 1. The lowest BCUT2D eigenvalue weighted by molar-refractivity contribution is 0.398. The summed E-state index contributed by atoms with van der Waals surface area (Å²) in [5.74, 6) is 1.99. The molecular formula is C25H20N6O. The predicted molar refractivity (Wildman–Crippen MR) is 122 cm³/mol. The Labute approximate surface area is 185 Å². The monoisotopic (exact) mass is 420 g/mol. The van der Waals surface area contributed by atoms with Crippen molar-refractivity contribution in [1.82, 2.24) is 25.1 Å². The minimum absolute atomic E-state index is 0.505. The van der Waals surface area contributed by atoms with E-state index in [1.807, 2.05) is 73.7 Å². The Hall–Kier alpha value is -4.39. The second kappa shape index (κ2) is 8.77. The van der Waals surface area contributed by atoms with Crippen molar-refractivity contribution in [2.24, 2.45) is 0 Å². The molecule has 0 saturated heterocycles. The molecule has 0 aliphatic heterocycles. The van der Waals surface area contributed by atoms with E-state index in [2.05, 4.69) is 20.4 Å². The van der Waals surface area contributed by atoms with Gasteiger partial charge in [-0.2, -0.15) is 0 Å². The first-order chi connectivity index (χ1) is 15.8. The highest BCUT2D eigenvalue weighted by atomic mass is 16.5. The van der Waals surface area contributed by atoms with Crippen LogP contribution < -0.4 is 5.32 Å². The number of nitrogens with zero attached hydrogens (tertiary/aromatic N) is 5. The molecule has 0 aliphatic carbocycles. The average molecular weight is 420 g/mol. The van der Waals surface area contributed by atoms with Gasteiger partial charge in [-0.3, -0.25) is 9.97 Å². The van der Waals surface area contributed by atoms with Crippen molar-refractivity contribution < 1.29 is 4.52 Å². The number of hydrogen-bond acceptors (Lipinski definition) is 7. The van der Waals surface area contributed by atoms with E-state index in [-0.39, 0.29) is 0 Å². The maximum absolute atomic E-state index is 5.48. The van der Waals surface area contributed by atoms with Crippen molar-refractivity contribution in [3.8, 4) is 34.0 Å². The van der Waals surface area contributed by atoms with Gasteiger partial charge in [0, 0.05) is 47.9 Å². The zero-order chi connectivity index (χ0) is 21.8. The Morgan fingerprint density at radius 3 is 2.47 bits per heavy atom. The molecule has 0 unspecified atom stereocenters. The van der Waals surface area contributed by atoms with Gasteiger partial charge in [-0.15, -0.1) is 0 Å². The lowest BCUT2D eigenvalue weighted by atomic mass is 10.1. The van der Waals surface area contributed by atoms with Gasteiger partial charge in [-0.1, -0.05) is 41.6 Å². The lowest BCUT2D eigenvalue weighted by Crippen LogP contribution is -2.05. The first-order valence-corrected chi connectivity index (χ1v) is 10.2. The number of pyridine rings is 2. The molecule has 0 fully saturated rings. The van der Waals surface area contributed by atoms with Crippen molar-refractivity contribution in [3.63, 3.8) is 0 Å². The van der Waals surface area contributed by atoms with Crippen LogP contribution in [0.25, 0.3) is 34.0 Å². The Morgan fingerprint density at radius 2 is 1.69 bits per heavy atom. The summed E-state index contributed by atoms with van der Waals surface area (Å²) in [4.78, 5) is 18.1. The van der Waals surface area contributed by atoms with Gasteiger partial charge in [0.15, 0.2) is 5.82 Å². The molecule has 4 heterocycles. The van der Waals surface area contributed by atoms with E-state index in [0.717, 1.165) is 33.8 Å². The molecule has 0 amide bonds. The number of anilines is 1. The third-order valence-corrected chi connectivity index (χ3v) is 5.06. The molecule has 5 aromatic rings. The van der Waals surface area contributed by atoms with Crippen LogP contribution in [0.5, 0.6) is 0 Å². The summed E-state index contributed by atoms with van der Waals surface area (Å²) in [5.41, 5.74) is 5.18. The molecule has 4 aromatic heterocycles. The van der Waals surface area contributed by atoms with Crippen molar-refractivity contribution >= 4 is 5.82 Å². The third-order valence-electron chi connectivity index (χ3n) is 5.06. The first kappa shape index (κ1) is 19.6. The summed E-state index contributed by atoms with van der Waals surface area (Å²) in [7, 11) is 0. The zero-order valence-corrected chi connectivity index (χ0v) is 17.4. The van der Waals surface area contributed by atoms with Crippen molar-refractivity contribution in [2.75, 3.05) is 5.32 Å². The van der Waals surface area contributed by atoms with Crippen molar-refractivity contribution in [1.29, 1.82) is 0 Å². The largest absolute Gasteiger partial charge is 0.366 e. The smallest absolute Gasteiger partial charge is 0.180 e. The predicted octanol–water partition coefficient (Wildman–Crippen LogP) is 5.18. The Bertz CT molecular complexity index is 1260. The second-order valence-electron chi connectivity index (χ2n) is 7.20. The number of aromatic nitrogens is 5. The van der Waals surface area contributed by atoms with Crippen LogP contribution in [0.2, 0.25) is 0 Å². The molecule has 0 spiro atoms. The summed E-state index contributed by atoms with van der Waals surface area (Å²) in [6, 6.07) is 21.4. The van der Waals surface area contributed by atoms with Gasteiger partial charge in [0.25, 0.3) is 0 Å². The fraction of sp³-hybridized carbons (Fsp3) is 0.0800. The molecule has 0 aliphatic rings. The maximum Gasteiger partial charge on any atom is 0.180 e. The zero-order valence-electron chi connectivity index (χ0n) is 17.4. The number of aryl methyl sites for hydroxylation is 1. The molecule has 0 saturated carbocycles. The fourth-order valence-electron chi connectivity index (χ4n) is 3.41. The van der Waals surface area contributed by atoms with Crippen LogP contribution in [-0.4, -0.2) is 25.1 Å². The molecule has 156 valence electrons. The molecule has 1 aromatic carbocycles. The summed E-state index contributed by atoms with van der Waals surface area (Å²) in [5, 5.41) is 7.68. The van der Waals surface area contributed by atoms with E-state index in [1.165, 1.54) is 0 Å². The topological polar surface area (TPSA) is 89.6 Å². The van der Waals surface area contributed by atoms with E-state index in [1.54, 1.807) is 18.6 Å². The summed E-state index contributed by atoms with van der Waals surface area (Å²) in [6.45, 7) is 2.42. The molecule has 5 rings (SSSR count). The van der Waals surface area contributed by atoms with Gasteiger partial charge < -0.3 is 9.84 Å².